The lowest BCUT2D eigenvalue weighted by Crippen LogP contribution is -2.12. The number of hydrogen-bond donors (Lipinski definition) is 0. The fourth-order valence-corrected chi connectivity index (χ4v) is 2.41. The van der Waals surface area contributed by atoms with Crippen molar-refractivity contribution in [3.63, 3.8) is 0 Å². The predicted octanol–water partition coefficient (Wildman–Crippen LogP) is 4.69. The van der Waals surface area contributed by atoms with E-state index in [0.29, 0.717) is 10.2 Å². The van der Waals surface area contributed by atoms with Gasteiger partial charge in [0.1, 0.15) is 10.8 Å². The lowest BCUT2D eigenvalue weighted by atomic mass is 10.1. The summed E-state index contributed by atoms with van der Waals surface area (Å²) in [5, 5.41) is 16.6. The summed E-state index contributed by atoms with van der Waals surface area (Å²) in [5.74, 6) is -0.299. The number of nitrogens with zero attached hydrogens (tertiary/aromatic N) is 3. The van der Waals surface area contributed by atoms with Gasteiger partial charge in [-0.3, -0.25) is 4.68 Å². The standard InChI is InChI=1S/C13H9Cl2F3N3O2/c1-6(20-22)8-5-7(3-4-9(8)14)23-12-10(15)11(13(16,17)18)21(2)19-12/h3-5H,1-2H3. The van der Waals surface area contributed by atoms with Crippen molar-refractivity contribution in [3.05, 3.63) is 39.5 Å². The summed E-state index contributed by atoms with van der Waals surface area (Å²) >= 11 is 11.6. The van der Waals surface area contributed by atoms with Crippen molar-refractivity contribution >= 4 is 28.9 Å². The van der Waals surface area contributed by atoms with E-state index in [2.05, 4.69) is 10.3 Å². The van der Waals surface area contributed by atoms with Gasteiger partial charge in [0.2, 0.25) is 0 Å². The Morgan fingerprint density at radius 2 is 2.00 bits per heavy atom. The average Bonchev–Trinajstić information content (AvgIpc) is 2.74. The number of aromatic nitrogens is 2. The fourth-order valence-electron chi connectivity index (χ4n) is 1.85. The second kappa shape index (κ2) is 6.29. The number of benzene rings is 1. The Morgan fingerprint density at radius 3 is 2.52 bits per heavy atom. The number of halogens is 5. The van der Waals surface area contributed by atoms with Gasteiger partial charge in [0, 0.05) is 12.6 Å². The van der Waals surface area contributed by atoms with Gasteiger partial charge in [-0.05, 0) is 30.3 Å². The van der Waals surface area contributed by atoms with Crippen molar-refractivity contribution in [1.82, 2.24) is 9.78 Å². The SMILES string of the molecule is CC(=N[O])c1cc(Oc2nn(C)c(C(F)(F)F)c2Cl)ccc1Cl. The molecule has 2 rings (SSSR count). The van der Waals surface area contributed by atoms with Crippen LogP contribution in [0.2, 0.25) is 10.0 Å². The van der Waals surface area contributed by atoms with Crippen LogP contribution in [0.4, 0.5) is 13.2 Å². The molecule has 1 heterocycles. The van der Waals surface area contributed by atoms with E-state index in [1.807, 2.05) is 0 Å². The van der Waals surface area contributed by atoms with Crippen molar-refractivity contribution in [1.29, 1.82) is 0 Å². The van der Waals surface area contributed by atoms with Crippen LogP contribution in [0.3, 0.4) is 0 Å². The highest BCUT2D eigenvalue weighted by atomic mass is 35.5. The second-order valence-corrected chi connectivity index (χ2v) is 5.29. The summed E-state index contributed by atoms with van der Waals surface area (Å²) in [6.07, 6.45) is -4.67. The van der Waals surface area contributed by atoms with E-state index in [-0.39, 0.29) is 16.5 Å². The van der Waals surface area contributed by atoms with Gasteiger partial charge in [0.25, 0.3) is 5.88 Å². The molecule has 0 saturated carbocycles. The molecule has 5 nitrogen and oxygen atoms in total. The number of alkyl halides is 3. The first kappa shape index (κ1) is 17.4. The molecule has 1 radical (unpaired) electrons. The van der Waals surface area contributed by atoms with Gasteiger partial charge in [0.15, 0.2) is 5.69 Å². The molecule has 0 aliphatic rings. The summed E-state index contributed by atoms with van der Waals surface area (Å²) in [6.45, 7) is 1.44. The summed E-state index contributed by atoms with van der Waals surface area (Å²) < 4.78 is 44.4. The molecule has 2 aromatic rings. The summed E-state index contributed by atoms with van der Waals surface area (Å²) in [5.41, 5.74) is -0.730. The van der Waals surface area contributed by atoms with Gasteiger partial charge in [-0.15, -0.1) is 10.3 Å². The molecular weight excluding hydrogens is 358 g/mol. The van der Waals surface area contributed by atoms with Crippen LogP contribution in [0.25, 0.3) is 0 Å². The second-order valence-electron chi connectivity index (χ2n) is 4.51. The summed E-state index contributed by atoms with van der Waals surface area (Å²) in [6, 6.07) is 4.18. The van der Waals surface area contributed by atoms with E-state index in [9.17, 15) is 18.4 Å². The normalized spacial score (nSPS) is 12.6. The number of aryl methyl sites for hydroxylation is 1. The average molecular weight is 367 g/mol. The van der Waals surface area contributed by atoms with Crippen LogP contribution in [0, 0.1) is 0 Å². The van der Waals surface area contributed by atoms with Gasteiger partial charge in [0.05, 0.1) is 10.7 Å². The molecule has 0 bridgehead atoms. The van der Waals surface area contributed by atoms with Gasteiger partial charge in [-0.25, -0.2) is 0 Å². The van der Waals surface area contributed by atoms with Crippen molar-refractivity contribution in [3.8, 4) is 11.6 Å². The fraction of sp³-hybridized carbons (Fsp3) is 0.231. The molecule has 0 atom stereocenters. The highest BCUT2D eigenvalue weighted by Crippen LogP contribution is 2.40. The lowest BCUT2D eigenvalue weighted by molar-refractivity contribution is -0.143. The third-order valence-corrected chi connectivity index (χ3v) is 3.58. The maximum absolute atomic E-state index is 12.9. The van der Waals surface area contributed by atoms with Crippen molar-refractivity contribution < 1.29 is 23.1 Å². The zero-order valence-corrected chi connectivity index (χ0v) is 13.3. The summed E-state index contributed by atoms with van der Waals surface area (Å²) in [7, 11) is 1.10. The lowest BCUT2D eigenvalue weighted by Gasteiger charge is -2.07. The minimum atomic E-state index is -4.67. The molecule has 0 aliphatic carbocycles. The maximum Gasteiger partial charge on any atom is 0.434 e. The van der Waals surface area contributed by atoms with Crippen LogP contribution < -0.4 is 4.74 Å². The van der Waals surface area contributed by atoms with Gasteiger partial charge >= 0.3 is 6.18 Å². The molecule has 23 heavy (non-hydrogen) atoms. The maximum atomic E-state index is 12.9. The van der Waals surface area contributed by atoms with Crippen molar-refractivity contribution in [2.24, 2.45) is 12.2 Å². The van der Waals surface area contributed by atoms with Crippen LogP contribution in [0.5, 0.6) is 11.6 Å². The number of rotatable bonds is 3. The van der Waals surface area contributed by atoms with E-state index in [0.717, 1.165) is 7.05 Å². The Labute approximate surface area is 138 Å². The van der Waals surface area contributed by atoms with E-state index >= 15 is 0 Å². The molecular formula is C13H9Cl2F3N3O2. The molecule has 0 fully saturated rings. The van der Waals surface area contributed by atoms with Gasteiger partial charge in [-0.2, -0.15) is 13.2 Å². The molecule has 1 aromatic heterocycles. The highest BCUT2D eigenvalue weighted by molar-refractivity contribution is 6.34. The van der Waals surface area contributed by atoms with Crippen molar-refractivity contribution in [2.75, 3.05) is 0 Å². The third-order valence-electron chi connectivity index (χ3n) is 2.91. The first-order valence-electron chi connectivity index (χ1n) is 6.09. The molecule has 0 N–H and O–H groups in total. The predicted molar refractivity (Wildman–Crippen MR) is 77.6 cm³/mol. The highest BCUT2D eigenvalue weighted by Gasteiger charge is 2.39. The molecule has 0 amide bonds. The first-order chi connectivity index (χ1) is 10.6. The number of hydrogen-bond acceptors (Lipinski definition) is 3. The van der Waals surface area contributed by atoms with E-state index in [1.165, 1.54) is 25.1 Å². The molecule has 0 aliphatic heterocycles. The Bertz CT molecular complexity index is 773. The minimum absolute atomic E-state index is 0.101. The Morgan fingerprint density at radius 1 is 1.35 bits per heavy atom. The largest absolute Gasteiger partial charge is 0.436 e. The summed E-state index contributed by atoms with van der Waals surface area (Å²) in [4.78, 5) is 0. The quantitative estimate of drug-likeness (QED) is 0.584. The van der Waals surface area contributed by atoms with Crippen LogP contribution in [-0.2, 0) is 18.4 Å². The minimum Gasteiger partial charge on any atom is -0.436 e. The smallest absolute Gasteiger partial charge is 0.434 e. The Balaban J connectivity index is 2.41. The molecule has 1 aromatic carbocycles. The number of ether oxygens (including phenoxy) is 1. The van der Waals surface area contributed by atoms with E-state index < -0.39 is 22.8 Å². The van der Waals surface area contributed by atoms with Crippen molar-refractivity contribution in [2.45, 2.75) is 13.1 Å². The Hall–Kier alpha value is -1.93. The van der Waals surface area contributed by atoms with Crippen LogP contribution >= 0.6 is 23.2 Å². The van der Waals surface area contributed by atoms with Gasteiger partial charge in [-0.1, -0.05) is 23.2 Å². The first-order valence-corrected chi connectivity index (χ1v) is 6.85. The van der Waals surface area contributed by atoms with E-state index in [4.69, 9.17) is 27.9 Å². The molecule has 0 unspecified atom stereocenters. The van der Waals surface area contributed by atoms with Crippen LogP contribution in [-0.4, -0.2) is 15.5 Å². The topological polar surface area (TPSA) is 59.3 Å². The Kier molecular flexibility index (Phi) is 4.76. The third kappa shape index (κ3) is 3.53. The zero-order chi connectivity index (χ0) is 17.4. The molecule has 0 saturated heterocycles. The van der Waals surface area contributed by atoms with Gasteiger partial charge < -0.3 is 4.74 Å². The molecule has 0 spiro atoms. The van der Waals surface area contributed by atoms with Crippen LogP contribution in [0.15, 0.2) is 23.4 Å². The van der Waals surface area contributed by atoms with Crippen LogP contribution in [0.1, 0.15) is 18.2 Å². The zero-order valence-electron chi connectivity index (χ0n) is 11.8. The monoisotopic (exact) mass is 366 g/mol. The molecule has 123 valence electrons. The molecule has 10 heteroatoms. The van der Waals surface area contributed by atoms with E-state index in [1.54, 1.807) is 0 Å².